The lowest BCUT2D eigenvalue weighted by molar-refractivity contribution is -0.138. The first-order valence-corrected chi connectivity index (χ1v) is 13.2. The van der Waals surface area contributed by atoms with Gasteiger partial charge < -0.3 is 24.4 Å². The van der Waals surface area contributed by atoms with Crippen LogP contribution >= 0.6 is 27.5 Å². The van der Waals surface area contributed by atoms with E-state index < -0.39 is 17.9 Å². The van der Waals surface area contributed by atoms with Gasteiger partial charge in [0.05, 0.1) is 34.8 Å². The minimum Gasteiger partial charge on any atom is -0.508 e. The van der Waals surface area contributed by atoms with E-state index in [0.717, 1.165) is 20.8 Å². The Morgan fingerprint density at radius 2 is 1.57 bits per heavy atom. The molecule has 4 aromatic rings. The topological polar surface area (TPSA) is 119 Å². The van der Waals surface area contributed by atoms with E-state index in [1.165, 1.54) is 18.2 Å². The number of phenolic OH excluding ortho intramolecular Hbond substituents is 1. The summed E-state index contributed by atoms with van der Waals surface area (Å²) in [6.07, 6.45) is 1.23. The number of carboxylic acid groups (broad SMARTS) is 1. The van der Waals surface area contributed by atoms with Crippen LogP contribution in [-0.2, 0) is 16.0 Å². The largest absolute Gasteiger partial charge is 0.508 e. The Bertz CT molecular complexity index is 1530. The number of aromatic carboxylic acids is 1. The first-order chi connectivity index (χ1) is 19.1. The smallest absolute Gasteiger partial charge is 0.346 e. The molecule has 4 rings (SSSR count). The number of esters is 2. The lowest BCUT2D eigenvalue weighted by Crippen LogP contribution is -2.13. The average Bonchev–Trinajstić information content (AvgIpc) is 2.93. The fourth-order valence-corrected chi connectivity index (χ4v) is 4.57. The molecule has 0 aliphatic heterocycles. The van der Waals surface area contributed by atoms with Crippen molar-refractivity contribution in [2.75, 3.05) is 14.2 Å². The van der Waals surface area contributed by atoms with E-state index in [9.17, 15) is 14.4 Å². The van der Waals surface area contributed by atoms with Gasteiger partial charge in [-0.2, -0.15) is 0 Å². The number of aromatic hydroxyl groups is 1. The molecule has 0 aromatic heterocycles. The van der Waals surface area contributed by atoms with Crippen LogP contribution in [0.25, 0.3) is 10.8 Å². The highest BCUT2D eigenvalue weighted by molar-refractivity contribution is 9.10. The van der Waals surface area contributed by atoms with E-state index in [1.54, 1.807) is 26.4 Å². The fraction of sp³-hybridized carbons (Fsp3) is 0.167. The zero-order valence-electron chi connectivity index (χ0n) is 21.6. The van der Waals surface area contributed by atoms with Gasteiger partial charge in [-0.15, -0.1) is 0 Å². The number of phenols is 1. The van der Waals surface area contributed by atoms with Crippen LogP contribution in [-0.4, -0.2) is 42.3 Å². The molecule has 2 N–H and O–H groups in total. The number of benzene rings is 4. The molecule has 0 saturated carbocycles. The Hall–Kier alpha value is -4.08. The Morgan fingerprint density at radius 1 is 0.875 bits per heavy atom. The van der Waals surface area contributed by atoms with Gasteiger partial charge in [0.1, 0.15) is 17.2 Å². The van der Waals surface area contributed by atoms with E-state index in [1.807, 2.05) is 42.5 Å². The van der Waals surface area contributed by atoms with Crippen LogP contribution in [0.2, 0.25) is 5.02 Å². The van der Waals surface area contributed by atoms with Crippen molar-refractivity contribution in [3.8, 4) is 17.2 Å². The Morgan fingerprint density at radius 3 is 2.25 bits per heavy atom. The van der Waals surface area contributed by atoms with Crippen LogP contribution in [0.1, 0.15) is 39.1 Å². The third-order valence-electron chi connectivity index (χ3n) is 5.78. The number of halogens is 2. The molecule has 0 aliphatic rings. The summed E-state index contributed by atoms with van der Waals surface area (Å²) in [5.41, 5.74) is 1.29. The highest BCUT2D eigenvalue weighted by Gasteiger charge is 2.16. The molecule has 0 aliphatic carbocycles. The highest BCUT2D eigenvalue weighted by Crippen LogP contribution is 2.33. The molecule has 208 valence electrons. The van der Waals surface area contributed by atoms with Gasteiger partial charge in [0.2, 0.25) is 0 Å². The second-order valence-corrected chi connectivity index (χ2v) is 9.67. The number of fused-ring (bicyclic) bond motifs is 1. The van der Waals surface area contributed by atoms with Crippen molar-refractivity contribution in [1.29, 1.82) is 0 Å². The maximum absolute atomic E-state index is 12.4. The summed E-state index contributed by atoms with van der Waals surface area (Å²) in [5.74, 6) is -0.928. The molecule has 0 atom stereocenters. The summed E-state index contributed by atoms with van der Waals surface area (Å²) in [7, 11) is 3.18. The number of hydrogen-bond donors (Lipinski definition) is 2. The molecule has 0 amide bonds. The van der Waals surface area contributed by atoms with Gasteiger partial charge >= 0.3 is 17.9 Å². The first kappa shape index (κ1) is 30.5. The normalized spacial score (nSPS) is 10.3. The molecule has 8 nitrogen and oxygen atoms in total. The van der Waals surface area contributed by atoms with Crippen LogP contribution < -0.4 is 9.47 Å². The van der Waals surface area contributed by atoms with Gasteiger partial charge in [-0.25, -0.2) is 9.59 Å². The third-order valence-corrected chi connectivity index (χ3v) is 6.71. The SMILES string of the molecule is COc1cc(CCCC(=O)OC(=O)c2cccc3ccccc23)c(OC)cc1Br.O=C(O)c1ccc(O)cc1Cl. The lowest BCUT2D eigenvalue weighted by Gasteiger charge is -2.12. The van der Waals surface area contributed by atoms with Crippen molar-refractivity contribution in [2.24, 2.45) is 0 Å². The van der Waals surface area contributed by atoms with Crippen molar-refractivity contribution in [3.05, 3.63) is 99.0 Å². The quantitative estimate of drug-likeness (QED) is 0.157. The summed E-state index contributed by atoms with van der Waals surface area (Å²) >= 11 is 8.91. The number of methoxy groups -OCH3 is 2. The summed E-state index contributed by atoms with van der Waals surface area (Å²) < 4.78 is 16.6. The van der Waals surface area contributed by atoms with Gasteiger partial charge in [0, 0.05) is 6.42 Å². The monoisotopic (exact) mass is 628 g/mol. The molecule has 0 heterocycles. The highest BCUT2D eigenvalue weighted by atomic mass is 79.9. The van der Waals surface area contributed by atoms with Gasteiger partial charge in [0.15, 0.2) is 0 Å². The van der Waals surface area contributed by atoms with Gasteiger partial charge in [-0.05, 0) is 81.5 Å². The second kappa shape index (κ2) is 14.3. The van der Waals surface area contributed by atoms with Crippen molar-refractivity contribution in [2.45, 2.75) is 19.3 Å². The molecule has 0 saturated heterocycles. The number of ether oxygens (including phenoxy) is 3. The third kappa shape index (κ3) is 7.97. The molecule has 10 heteroatoms. The van der Waals surface area contributed by atoms with E-state index in [2.05, 4.69) is 15.9 Å². The molecule has 40 heavy (non-hydrogen) atoms. The van der Waals surface area contributed by atoms with Gasteiger partial charge in [-0.1, -0.05) is 48.0 Å². The van der Waals surface area contributed by atoms with E-state index in [4.69, 9.17) is 36.0 Å². The average molecular weight is 630 g/mol. The Kier molecular flexibility index (Phi) is 10.9. The van der Waals surface area contributed by atoms with Gasteiger partial charge in [-0.3, -0.25) is 4.79 Å². The Balaban J connectivity index is 0.000000336. The Labute approximate surface area is 244 Å². The van der Waals surface area contributed by atoms with Gasteiger partial charge in [0.25, 0.3) is 0 Å². The van der Waals surface area contributed by atoms with Crippen LogP contribution in [0, 0.1) is 0 Å². The number of carbonyl (C=O) groups excluding carboxylic acids is 2. The molecule has 0 fully saturated rings. The van der Waals surface area contributed by atoms with Crippen LogP contribution in [0.4, 0.5) is 0 Å². The van der Waals surface area contributed by atoms with Crippen molar-refractivity contribution in [1.82, 2.24) is 0 Å². The maximum atomic E-state index is 12.4. The fourth-order valence-electron chi connectivity index (χ4n) is 3.83. The zero-order chi connectivity index (χ0) is 29.2. The number of hydrogen-bond acceptors (Lipinski definition) is 7. The number of rotatable bonds is 8. The number of carbonyl (C=O) groups is 3. The minimum atomic E-state index is -1.10. The van der Waals surface area contributed by atoms with E-state index in [-0.39, 0.29) is 22.8 Å². The number of aryl methyl sites for hydroxylation is 1. The summed E-state index contributed by atoms with van der Waals surface area (Å²) in [6, 6.07) is 20.2. The van der Waals surface area contributed by atoms with E-state index >= 15 is 0 Å². The summed E-state index contributed by atoms with van der Waals surface area (Å²) in [5, 5.41) is 19.1. The van der Waals surface area contributed by atoms with Crippen molar-refractivity contribution >= 4 is 56.2 Å². The summed E-state index contributed by atoms with van der Waals surface area (Å²) in [4.78, 5) is 35.0. The summed E-state index contributed by atoms with van der Waals surface area (Å²) in [6.45, 7) is 0. The molecule has 4 aromatic carbocycles. The molecule has 0 unspecified atom stereocenters. The zero-order valence-corrected chi connectivity index (χ0v) is 24.0. The predicted molar refractivity (Wildman–Crippen MR) is 155 cm³/mol. The molecule has 0 spiro atoms. The van der Waals surface area contributed by atoms with Crippen LogP contribution in [0.15, 0.2) is 77.3 Å². The second-order valence-electron chi connectivity index (χ2n) is 8.41. The van der Waals surface area contributed by atoms with Crippen molar-refractivity contribution in [3.63, 3.8) is 0 Å². The predicted octanol–water partition coefficient (Wildman–Crippen LogP) is 7.07. The van der Waals surface area contributed by atoms with Crippen LogP contribution in [0.3, 0.4) is 0 Å². The lowest BCUT2D eigenvalue weighted by atomic mass is 10.0. The minimum absolute atomic E-state index is 0.00975. The molecular formula is C30H26BrClO8. The molecule has 0 bridgehead atoms. The number of carboxylic acids is 1. The first-order valence-electron chi connectivity index (χ1n) is 12.0. The maximum Gasteiger partial charge on any atom is 0.346 e. The van der Waals surface area contributed by atoms with Crippen LogP contribution in [0.5, 0.6) is 17.2 Å². The molecule has 0 radical (unpaired) electrons. The van der Waals surface area contributed by atoms with Crippen molar-refractivity contribution < 1.29 is 38.8 Å². The van der Waals surface area contributed by atoms with E-state index in [0.29, 0.717) is 29.9 Å². The molecular weight excluding hydrogens is 604 g/mol. The standard InChI is InChI=1S/C23H21BrO5.C7H5ClO3/c1-27-20-14-19(24)21(28-2)13-16(20)9-6-12-22(25)29-23(26)18-11-5-8-15-7-3-4-10-17(15)18;8-6-3-4(9)1-2-5(6)7(10)11/h3-5,7-8,10-11,13-14H,6,9,12H2,1-2H3;1-3,9H,(H,10,11).